The number of rotatable bonds is 3. The Morgan fingerprint density at radius 2 is 2.05 bits per heavy atom. The number of aromatic nitrogens is 1. The fourth-order valence-corrected chi connectivity index (χ4v) is 3.13. The molecule has 1 aliphatic carbocycles. The first-order valence-electron chi connectivity index (χ1n) is 7.17. The summed E-state index contributed by atoms with van der Waals surface area (Å²) in [6, 6.07) is 5.96. The van der Waals surface area contributed by atoms with Gasteiger partial charge in [0.1, 0.15) is 0 Å². The van der Waals surface area contributed by atoms with Crippen LogP contribution < -0.4 is 11.1 Å². The van der Waals surface area contributed by atoms with Crippen molar-refractivity contribution in [3.63, 3.8) is 0 Å². The standard InChI is InChI=1S/C16H21N3O/c1-11-8-12-13(9-18-11)14(17)4-5-15(12)19-16(10-20)6-2-3-7-16/h4-5,8-9,19-20H,2-3,6-7,10,17H2,1H3. The third kappa shape index (κ3) is 2.20. The second kappa shape index (κ2) is 4.94. The number of aliphatic hydroxyl groups excluding tert-OH is 1. The van der Waals surface area contributed by atoms with Crippen molar-refractivity contribution in [1.82, 2.24) is 4.98 Å². The van der Waals surface area contributed by atoms with Gasteiger partial charge in [-0.3, -0.25) is 4.98 Å². The van der Waals surface area contributed by atoms with Crippen molar-refractivity contribution in [3.8, 4) is 0 Å². The maximum absolute atomic E-state index is 9.76. The Morgan fingerprint density at radius 1 is 1.30 bits per heavy atom. The van der Waals surface area contributed by atoms with Gasteiger partial charge in [0.25, 0.3) is 0 Å². The molecule has 4 heteroatoms. The minimum atomic E-state index is -0.180. The van der Waals surface area contributed by atoms with Crippen LogP contribution in [0.3, 0.4) is 0 Å². The summed E-state index contributed by atoms with van der Waals surface area (Å²) in [5, 5.41) is 15.4. The highest BCUT2D eigenvalue weighted by atomic mass is 16.3. The van der Waals surface area contributed by atoms with E-state index in [9.17, 15) is 5.11 Å². The Morgan fingerprint density at radius 3 is 2.75 bits per heavy atom. The summed E-state index contributed by atoms with van der Waals surface area (Å²) in [5.41, 5.74) is 8.60. The summed E-state index contributed by atoms with van der Waals surface area (Å²) < 4.78 is 0. The Labute approximate surface area is 119 Å². The van der Waals surface area contributed by atoms with Crippen LogP contribution in [-0.2, 0) is 0 Å². The third-order valence-corrected chi connectivity index (χ3v) is 4.33. The number of nitrogens with zero attached hydrogens (tertiary/aromatic N) is 1. The lowest BCUT2D eigenvalue weighted by molar-refractivity contribution is 0.214. The maximum Gasteiger partial charge on any atom is 0.0661 e. The summed E-state index contributed by atoms with van der Waals surface area (Å²) >= 11 is 0. The molecule has 0 saturated heterocycles. The Kier molecular flexibility index (Phi) is 3.26. The Bertz CT molecular complexity index is 633. The highest BCUT2D eigenvalue weighted by Gasteiger charge is 2.33. The zero-order valence-electron chi connectivity index (χ0n) is 11.8. The van der Waals surface area contributed by atoms with E-state index in [1.165, 1.54) is 12.8 Å². The van der Waals surface area contributed by atoms with Crippen molar-refractivity contribution in [1.29, 1.82) is 0 Å². The second-order valence-electron chi connectivity index (χ2n) is 5.84. The first-order valence-corrected chi connectivity index (χ1v) is 7.17. The van der Waals surface area contributed by atoms with E-state index in [0.29, 0.717) is 0 Å². The molecular formula is C16H21N3O. The molecule has 0 amide bonds. The molecule has 1 heterocycles. The predicted octanol–water partition coefficient (Wildman–Crippen LogP) is 2.84. The average Bonchev–Trinajstić information content (AvgIpc) is 2.91. The number of aryl methyl sites for hydroxylation is 1. The summed E-state index contributed by atoms with van der Waals surface area (Å²) in [4.78, 5) is 4.32. The molecule has 2 aromatic rings. The van der Waals surface area contributed by atoms with Crippen LogP contribution >= 0.6 is 0 Å². The number of benzene rings is 1. The van der Waals surface area contributed by atoms with E-state index < -0.39 is 0 Å². The first kappa shape index (κ1) is 13.2. The van der Waals surface area contributed by atoms with Crippen LogP contribution in [0.4, 0.5) is 11.4 Å². The van der Waals surface area contributed by atoms with E-state index in [4.69, 9.17) is 5.73 Å². The van der Waals surface area contributed by atoms with Crippen molar-refractivity contribution >= 4 is 22.1 Å². The van der Waals surface area contributed by atoms with Gasteiger partial charge in [0.15, 0.2) is 0 Å². The number of aliphatic hydroxyl groups is 1. The SMILES string of the molecule is Cc1cc2c(NC3(CO)CCCC3)ccc(N)c2cn1. The van der Waals surface area contributed by atoms with Gasteiger partial charge in [0, 0.05) is 34.0 Å². The number of nitrogens with two attached hydrogens (primary N) is 1. The summed E-state index contributed by atoms with van der Waals surface area (Å²) in [6.07, 6.45) is 6.19. The number of hydrogen-bond donors (Lipinski definition) is 3. The Balaban J connectivity index is 2.07. The van der Waals surface area contributed by atoms with Crippen LogP contribution in [0.5, 0.6) is 0 Å². The predicted molar refractivity (Wildman–Crippen MR) is 82.8 cm³/mol. The molecule has 1 aliphatic rings. The molecule has 0 atom stereocenters. The number of nitrogens with one attached hydrogen (secondary N) is 1. The van der Waals surface area contributed by atoms with Gasteiger partial charge in [-0.1, -0.05) is 12.8 Å². The lowest BCUT2D eigenvalue weighted by Gasteiger charge is -2.30. The van der Waals surface area contributed by atoms with Crippen LogP contribution in [0.1, 0.15) is 31.4 Å². The monoisotopic (exact) mass is 271 g/mol. The molecular weight excluding hydrogens is 250 g/mol. The van der Waals surface area contributed by atoms with E-state index in [0.717, 1.165) is 40.7 Å². The van der Waals surface area contributed by atoms with Crippen molar-refractivity contribution in [2.75, 3.05) is 17.7 Å². The first-order chi connectivity index (χ1) is 9.63. The summed E-state index contributed by atoms with van der Waals surface area (Å²) in [7, 11) is 0. The number of hydrogen-bond acceptors (Lipinski definition) is 4. The summed E-state index contributed by atoms with van der Waals surface area (Å²) in [5.74, 6) is 0. The summed E-state index contributed by atoms with van der Waals surface area (Å²) in [6.45, 7) is 2.15. The quantitative estimate of drug-likeness (QED) is 0.751. The van der Waals surface area contributed by atoms with Gasteiger partial charge in [0.05, 0.1) is 12.1 Å². The minimum Gasteiger partial charge on any atom is -0.398 e. The topological polar surface area (TPSA) is 71.2 Å². The molecule has 1 fully saturated rings. The highest BCUT2D eigenvalue weighted by Crippen LogP contribution is 2.36. The molecule has 3 rings (SSSR count). The molecule has 4 N–H and O–H groups in total. The molecule has 1 saturated carbocycles. The zero-order chi connectivity index (χ0) is 14.2. The minimum absolute atomic E-state index is 0.170. The molecule has 0 unspecified atom stereocenters. The molecule has 0 spiro atoms. The fourth-order valence-electron chi connectivity index (χ4n) is 3.13. The molecule has 0 aliphatic heterocycles. The van der Waals surface area contributed by atoms with Gasteiger partial charge in [-0.05, 0) is 38.0 Å². The van der Waals surface area contributed by atoms with Crippen LogP contribution in [0, 0.1) is 6.92 Å². The smallest absolute Gasteiger partial charge is 0.0661 e. The third-order valence-electron chi connectivity index (χ3n) is 4.33. The van der Waals surface area contributed by atoms with Gasteiger partial charge in [-0.15, -0.1) is 0 Å². The Hall–Kier alpha value is -1.81. The zero-order valence-corrected chi connectivity index (χ0v) is 11.8. The van der Waals surface area contributed by atoms with Crippen LogP contribution in [-0.4, -0.2) is 22.2 Å². The van der Waals surface area contributed by atoms with Crippen molar-refractivity contribution in [2.45, 2.75) is 38.1 Å². The van der Waals surface area contributed by atoms with Crippen LogP contribution in [0.2, 0.25) is 0 Å². The van der Waals surface area contributed by atoms with Crippen molar-refractivity contribution in [2.24, 2.45) is 0 Å². The van der Waals surface area contributed by atoms with Crippen molar-refractivity contribution < 1.29 is 5.11 Å². The van der Waals surface area contributed by atoms with Crippen molar-refractivity contribution in [3.05, 3.63) is 30.1 Å². The highest BCUT2D eigenvalue weighted by molar-refractivity contribution is 6.01. The molecule has 0 radical (unpaired) electrons. The molecule has 106 valence electrons. The van der Waals surface area contributed by atoms with E-state index in [-0.39, 0.29) is 12.1 Å². The largest absolute Gasteiger partial charge is 0.398 e. The van der Waals surface area contributed by atoms with Crippen LogP contribution in [0.25, 0.3) is 10.8 Å². The van der Waals surface area contributed by atoms with Gasteiger partial charge >= 0.3 is 0 Å². The molecule has 0 bridgehead atoms. The lowest BCUT2D eigenvalue weighted by atomic mass is 9.97. The molecule has 4 nitrogen and oxygen atoms in total. The maximum atomic E-state index is 9.76. The van der Waals surface area contributed by atoms with E-state index >= 15 is 0 Å². The number of anilines is 2. The number of fused-ring (bicyclic) bond motifs is 1. The van der Waals surface area contributed by atoms with E-state index in [2.05, 4.69) is 10.3 Å². The fraction of sp³-hybridized carbons (Fsp3) is 0.438. The average molecular weight is 271 g/mol. The van der Waals surface area contributed by atoms with Crippen LogP contribution in [0.15, 0.2) is 24.4 Å². The lowest BCUT2D eigenvalue weighted by Crippen LogP contribution is -2.39. The van der Waals surface area contributed by atoms with E-state index in [1.807, 2.05) is 31.3 Å². The normalized spacial score (nSPS) is 17.5. The molecule has 20 heavy (non-hydrogen) atoms. The second-order valence-corrected chi connectivity index (χ2v) is 5.84. The van der Waals surface area contributed by atoms with Gasteiger partial charge in [-0.25, -0.2) is 0 Å². The van der Waals surface area contributed by atoms with Gasteiger partial charge in [0.2, 0.25) is 0 Å². The number of pyridine rings is 1. The molecule has 1 aromatic carbocycles. The van der Waals surface area contributed by atoms with Gasteiger partial charge in [-0.2, -0.15) is 0 Å². The molecule has 1 aromatic heterocycles. The van der Waals surface area contributed by atoms with Gasteiger partial charge < -0.3 is 16.2 Å². The number of nitrogen functional groups attached to an aromatic ring is 1. The van der Waals surface area contributed by atoms with E-state index in [1.54, 1.807) is 0 Å².